The van der Waals surface area contributed by atoms with Crippen molar-refractivity contribution in [2.45, 2.75) is 12.8 Å². The van der Waals surface area contributed by atoms with Gasteiger partial charge in [-0.05, 0) is 24.3 Å². The second-order valence-electron chi connectivity index (χ2n) is 7.38. The Balaban J connectivity index is 1.53. The number of benzene rings is 1. The summed E-state index contributed by atoms with van der Waals surface area (Å²) in [5, 5.41) is 12.4. The number of anilines is 2. The first-order valence-electron chi connectivity index (χ1n) is 9.94. The topological polar surface area (TPSA) is 95.0 Å². The summed E-state index contributed by atoms with van der Waals surface area (Å²) >= 11 is 0. The molecule has 1 aliphatic heterocycles. The maximum absolute atomic E-state index is 5.74. The van der Waals surface area contributed by atoms with Gasteiger partial charge >= 0.3 is 0 Å². The average molecular weight is 414 g/mol. The van der Waals surface area contributed by atoms with Gasteiger partial charge in [-0.3, -0.25) is 19.3 Å². The van der Waals surface area contributed by atoms with E-state index in [4.69, 9.17) is 9.72 Å². The van der Waals surface area contributed by atoms with Gasteiger partial charge in [-0.1, -0.05) is 6.07 Å². The van der Waals surface area contributed by atoms with E-state index in [0.717, 1.165) is 46.1 Å². The van der Waals surface area contributed by atoms with Gasteiger partial charge in [-0.2, -0.15) is 10.2 Å². The Morgan fingerprint density at radius 1 is 1.06 bits per heavy atom. The van der Waals surface area contributed by atoms with Crippen LogP contribution in [0.15, 0.2) is 47.8 Å². The van der Waals surface area contributed by atoms with Crippen LogP contribution in [-0.4, -0.2) is 42.9 Å². The summed E-state index contributed by atoms with van der Waals surface area (Å²) in [7, 11) is 5.40. The van der Waals surface area contributed by atoms with Crippen molar-refractivity contribution < 1.29 is 4.74 Å². The lowest BCUT2D eigenvalue weighted by atomic mass is 10.1. The number of hydrogen-bond acceptors (Lipinski definition) is 7. The highest BCUT2D eigenvalue weighted by Gasteiger charge is 2.19. The molecule has 0 bridgehead atoms. The van der Waals surface area contributed by atoms with Gasteiger partial charge in [0, 0.05) is 45.0 Å². The zero-order valence-electron chi connectivity index (χ0n) is 17.6. The molecule has 0 saturated heterocycles. The van der Waals surface area contributed by atoms with Crippen molar-refractivity contribution in [3.8, 4) is 17.1 Å². The molecule has 4 aromatic rings. The van der Waals surface area contributed by atoms with Crippen molar-refractivity contribution >= 4 is 23.3 Å². The number of nitrogens with one attached hydrogen (secondary N) is 1. The molecule has 1 aromatic carbocycles. The number of para-hydroxylation sites is 1. The van der Waals surface area contributed by atoms with Crippen LogP contribution in [0.5, 0.6) is 5.75 Å². The predicted octanol–water partition coefficient (Wildman–Crippen LogP) is 3.21. The zero-order chi connectivity index (χ0) is 21.4. The SMILES string of the molecule is COc1c(Nc2cc(Cc3ccn(C)n3)nc3c2N=CC3)cccc1-c1ncn(C)n1. The van der Waals surface area contributed by atoms with E-state index in [1.807, 2.05) is 56.8 Å². The maximum Gasteiger partial charge on any atom is 0.184 e. The van der Waals surface area contributed by atoms with Gasteiger partial charge in [0.05, 0.1) is 35.4 Å². The lowest BCUT2D eigenvalue weighted by Gasteiger charge is -2.16. The van der Waals surface area contributed by atoms with Crippen LogP contribution in [0.4, 0.5) is 17.1 Å². The number of ether oxygens (including phenoxy) is 1. The molecule has 156 valence electrons. The first-order chi connectivity index (χ1) is 15.1. The highest BCUT2D eigenvalue weighted by Crippen LogP contribution is 2.40. The third-order valence-corrected chi connectivity index (χ3v) is 5.08. The zero-order valence-corrected chi connectivity index (χ0v) is 17.6. The van der Waals surface area contributed by atoms with Crippen LogP contribution in [0.3, 0.4) is 0 Å². The minimum absolute atomic E-state index is 0.608. The summed E-state index contributed by atoms with van der Waals surface area (Å²) in [6.45, 7) is 0. The normalized spacial score (nSPS) is 12.2. The monoisotopic (exact) mass is 414 g/mol. The number of nitrogens with zero attached hydrogens (tertiary/aromatic N) is 7. The molecule has 0 fully saturated rings. The molecular formula is C22H22N8O. The third-order valence-electron chi connectivity index (χ3n) is 5.08. The Labute approximate surface area is 179 Å². The Morgan fingerprint density at radius 3 is 2.71 bits per heavy atom. The van der Waals surface area contributed by atoms with E-state index in [1.165, 1.54) is 0 Å². The van der Waals surface area contributed by atoms with Crippen LogP contribution in [0.25, 0.3) is 11.4 Å². The minimum Gasteiger partial charge on any atom is -0.494 e. The molecule has 1 aliphatic rings. The fourth-order valence-electron chi connectivity index (χ4n) is 3.73. The van der Waals surface area contributed by atoms with Gasteiger partial charge in [-0.15, -0.1) is 0 Å². The summed E-state index contributed by atoms with van der Waals surface area (Å²) in [5.41, 5.74) is 6.23. The number of aliphatic imine (C=N–C) groups is 1. The molecule has 4 heterocycles. The standard InChI is InChI=1S/C22H22N8O/c1-29-10-8-14(27-29)11-15-12-19(20-17(25-15)7-9-23-20)26-18-6-4-5-16(21(18)31-3)22-24-13-30(2)28-22/h4-6,8-10,12-13H,7,11H2,1-3H3,(H,25,26). The smallest absolute Gasteiger partial charge is 0.184 e. The number of aryl methyl sites for hydroxylation is 2. The van der Waals surface area contributed by atoms with Crippen LogP contribution in [0, 0.1) is 0 Å². The molecule has 5 rings (SSSR count). The number of hydrogen-bond donors (Lipinski definition) is 1. The molecule has 0 atom stereocenters. The molecule has 0 unspecified atom stereocenters. The number of rotatable bonds is 6. The third kappa shape index (κ3) is 3.65. The number of fused-ring (bicyclic) bond motifs is 1. The summed E-state index contributed by atoms with van der Waals surface area (Å²) in [4.78, 5) is 13.7. The molecule has 9 nitrogen and oxygen atoms in total. The van der Waals surface area contributed by atoms with Crippen LogP contribution in [0.2, 0.25) is 0 Å². The molecule has 31 heavy (non-hydrogen) atoms. The predicted molar refractivity (Wildman–Crippen MR) is 118 cm³/mol. The highest BCUT2D eigenvalue weighted by molar-refractivity contribution is 5.86. The van der Waals surface area contributed by atoms with E-state index in [-0.39, 0.29) is 0 Å². The molecule has 0 radical (unpaired) electrons. The Hall–Kier alpha value is -4.01. The first-order valence-corrected chi connectivity index (χ1v) is 9.94. The maximum atomic E-state index is 5.74. The van der Waals surface area contributed by atoms with Crippen molar-refractivity contribution in [2.24, 2.45) is 19.1 Å². The molecule has 9 heteroatoms. The van der Waals surface area contributed by atoms with Crippen molar-refractivity contribution in [1.29, 1.82) is 0 Å². The van der Waals surface area contributed by atoms with E-state index < -0.39 is 0 Å². The van der Waals surface area contributed by atoms with Crippen LogP contribution in [0.1, 0.15) is 17.1 Å². The minimum atomic E-state index is 0.608. The second-order valence-corrected chi connectivity index (χ2v) is 7.38. The fraction of sp³-hybridized carbons (Fsp3) is 0.227. The summed E-state index contributed by atoms with van der Waals surface area (Å²) < 4.78 is 9.21. The Kier molecular flexibility index (Phi) is 4.70. The summed E-state index contributed by atoms with van der Waals surface area (Å²) in [6, 6.07) is 9.90. The molecule has 0 aliphatic carbocycles. The van der Waals surface area contributed by atoms with Crippen molar-refractivity contribution in [2.75, 3.05) is 12.4 Å². The van der Waals surface area contributed by atoms with Gasteiger partial charge < -0.3 is 10.1 Å². The molecule has 0 saturated carbocycles. The molecule has 0 spiro atoms. The second kappa shape index (κ2) is 7.67. The van der Waals surface area contributed by atoms with Crippen LogP contribution < -0.4 is 10.1 Å². The lowest BCUT2D eigenvalue weighted by molar-refractivity contribution is 0.418. The number of aromatic nitrogens is 6. The molecule has 0 amide bonds. The number of methoxy groups -OCH3 is 1. The lowest BCUT2D eigenvalue weighted by Crippen LogP contribution is -2.02. The average Bonchev–Trinajstić information content (AvgIpc) is 3.49. The van der Waals surface area contributed by atoms with Gasteiger partial charge in [0.1, 0.15) is 12.0 Å². The van der Waals surface area contributed by atoms with Gasteiger partial charge in [-0.25, -0.2) is 4.98 Å². The van der Waals surface area contributed by atoms with E-state index in [9.17, 15) is 0 Å². The Bertz CT molecular complexity index is 1290. The summed E-state index contributed by atoms with van der Waals surface area (Å²) in [6.07, 6.45) is 6.86. The molecular weight excluding hydrogens is 392 g/mol. The van der Waals surface area contributed by atoms with Crippen LogP contribution >= 0.6 is 0 Å². The first kappa shape index (κ1) is 19.0. The van der Waals surface area contributed by atoms with Crippen LogP contribution in [-0.2, 0) is 26.9 Å². The van der Waals surface area contributed by atoms with E-state index in [2.05, 4.69) is 25.5 Å². The fourth-order valence-corrected chi connectivity index (χ4v) is 3.73. The van der Waals surface area contributed by atoms with Gasteiger partial charge in [0.25, 0.3) is 0 Å². The van der Waals surface area contributed by atoms with Gasteiger partial charge in [0.15, 0.2) is 11.6 Å². The van der Waals surface area contributed by atoms with E-state index in [0.29, 0.717) is 18.0 Å². The number of pyridine rings is 1. The van der Waals surface area contributed by atoms with E-state index in [1.54, 1.807) is 22.8 Å². The van der Waals surface area contributed by atoms with Crippen molar-refractivity contribution in [3.63, 3.8) is 0 Å². The Morgan fingerprint density at radius 2 is 1.97 bits per heavy atom. The van der Waals surface area contributed by atoms with Crippen molar-refractivity contribution in [1.82, 2.24) is 29.5 Å². The van der Waals surface area contributed by atoms with Crippen molar-refractivity contribution in [3.05, 3.63) is 59.9 Å². The molecule has 1 N–H and O–H groups in total. The highest BCUT2D eigenvalue weighted by atomic mass is 16.5. The molecule has 3 aromatic heterocycles. The van der Waals surface area contributed by atoms with Gasteiger partial charge in [0.2, 0.25) is 0 Å². The van der Waals surface area contributed by atoms with E-state index >= 15 is 0 Å². The largest absolute Gasteiger partial charge is 0.494 e. The summed E-state index contributed by atoms with van der Waals surface area (Å²) in [5.74, 6) is 1.28. The quantitative estimate of drug-likeness (QED) is 0.521.